The van der Waals surface area contributed by atoms with Gasteiger partial charge >= 0.3 is 0 Å². The number of imidazole rings is 1. The van der Waals surface area contributed by atoms with Crippen LogP contribution in [0, 0.1) is 5.82 Å². The van der Waals surface area contributed by atoms with Gasteiger partial charge in [-0.25, -0.2) is 9.37 Å². The first-order valence-electron chi connectivity index (χ1n) is 7.12. The van der Waals surface area contributed by atoms with E-state index in [4.69, 9.17) is 4.98 Å². The largest absolute Gasteiger partial charge is 0.292 e. The van der Waals surface area contributed by atoms with Gasteiger partial charge < -0.3 is 0 Å². The lowest BCUT2D eigenvalue weighted by Gasteiger charge is -2.09. The minimum atomic E-state index is -0.244. The van der Waals surface area contributed by atoms with Crippen LogP contribution >= 0.6 is 0 Å². The molecule has 1 heterocycles. The van der Waals surface area contributed by atoms with Crippen molar-refractivity contribution in [1.82, 2.24) is 9.55 Å². The highest BCUT2D eigenvalue weighted by atomic mass is 19.1. The predicted molar refractivity (Wildman–Crippen MR) is 86.5 cm³/mol. The second-order valence-electron chi connectivity index (χ2n) is 5.10. The van der Waals surface area contributed by atoms with Crippen molar-refractivity contribution in [1.29, 1.82) is 0 Å². The fourth-order valence-electron chi connectivity index (χ4n) is 2.66. The summed E-state index contributed by atoms with van der Waals surface area (Å²) in [7, 11) is 0. The molecule has 0 spiro atoms. The van der Waals surface area contributed by atoms with Gasteiger partial charge in [-0.2, -0.15) is 0 Å². The van der Waals surface area contributed by atoms with Crippen LogP contribution in [-0.4, -0.2) is 9.55 Å². The predicted octanol–water partition coefficient (Wildman–Crippen LogP) is 4.83. The van der Waals surface area contributed by atoms with E-state index in [-0.39, 0.29) is 5.82 Å². The number of aromatic nitrogens is 2. The molecule has 0 saturated carbocycles. The van der Waals surface area contributed by atoms with Gasteiger partial charge in [0.1, 0.15) is 11.6 Å². The quantitative estimate of drug-likeness (QED) is 0.516. The monoisotopic (exact) mass is 288 g/mol. The van der Waals surface area contributed by atoms with Crippen molar-refractivity contribution < 1.29 is 4.39 Å². The number of hydrogen-bond donors (Lipinski definition) is 0. The molecule has 1 aromatic heterocycles. The van der Waals surface area contributed by atoms with Crippen LogP contribution in [0.4, 0.5) is 4.39 Å². The average molecular weight is 288 g/mol. The molecule has 0 saturated heterocycles. The second kappa shape index (κ2) is 5.11. The molecule has 0 radical (unpaired) electrons. The van der Waals surface area contributed by atoms with Crippen LogP contribution in [0.3, 0.4) is 0 Å². The van der Waals surface area contributed by atoms with E-state index in [9.17, 15) is 4.39 Å². The molecular formula is C19H13FN2. The lowest BCUT2D eigenvalue weighted by atomic mass is 10.2. The van der Waals surface area contributed by atoms with Crippen LogP contribution in [0.15, 0.2) is 78.9 Å². The van der Waals surface area contributed by atoms with Gasteiger partial charge in [0, 0.05) is 11.3 Å². The first-order chi connectivity index (χ1) is 10.8. The van der Waals surface area contributed by atoms with Gasteiger partial charge in [-0.05, 0) is 48.5 Å². The molecule has 2 nitrogen and oxygen atoms in total. The normalized spacial score (nSPS) is 11.0. The van der Waals surface area contributed by atoms with Crippen molar-refractivity contribution in [3.05, 3.63) is 84.7 Å². The Morgan fingerprint density at radius 3 is 2.18 bits per heavy atom. The maximum absolute atomic E-state index is 13.2. The fraction of sp³-hybridized carbons (Fsp3) is 0. The summed E-state index contributed by atoms with van der Waals surface area (Å²) in [6.45, 7) is 0. The van der Waals surface area contributed by atoms with Crippen LogP contribution in [0.1, 0.15) is 0 Å². The highest BCUT2D eigenvalue weighted by Crippen LogP contribution is 2.28. The molecular weight excluding hydrogens is 275 g/mol. The summed E-state index contributed by atoms with van der Waals surface area (Å²) < 4.78 is 15.3. The van der Waals surface area contributed by atoms with E-state index in [0.29, 0.717) is 0 Å². The van der Waals surface area contributed by atoms with Gasteiger partial charge in [0.25, 0.3) is 0 Å². The zero-order chi connectivity index (χ0) is 14.9. The molecule has 106 valence electrons. The summed E-state index contributed by atoms with van der Waals surface area (Å²) >= 11 is 0. The van der Waals surface area contributed by atoms with Crippen LogP contribution < -0.4 is 0 Å². The standard InChI is InChI=1S/C19H13FN2/c20-15-12-10-14(11-13-15)19-21-17-8-4-5-9-18(17)22(19)16-6-2-1-3-7-16/h1-13H. The molecule has 4 aromatic rings. The number of fused-ring (bicyclic) bond motifs is 1. The number of nitrogens with zero attached hydrogens (tertiary/aromatic N) is 2. The minimum Gasteiger partial charge on any atom is -0.292 e. The highest BCUT2D eigenvalue weighted by Gasteiger charge is 2.13. The maximum atomic E-state index is 13.2. The van der Waals surface area contributed by atoms with E-state index >= 15 is 0 Å². The summed E-state index contributed by atoms with van der Waals surface area (Å²) in [5.41, 5.74) is 3.88. The van der Waals surface area contributed by atoms with Crippen molar-refractivity contribution in [3.63, 3.8) is 0 Å². The number of halogens is 1. The zero-order valence-electron chi connectivity index (χ0n) is 11.8. The Bertz CT molecular complexity index is 925. The summed E-state index contributed by atoms with van der Waals surface area (Å²) in [4.78, 5) is 4.73. The molecule has 0 atom stereocenters. The first-order valence-corrected chi connectivity index (χ1v) is 7.12. The molecule has 3 aromatic carbocycles. The molecule has 3 heteroatoms. The average Bonchev–Trinajstić information content (AvgIpc) is 2.96. The van der Waals surface area contributed by atoms with Crippen molar-refractivity contribution >= 4 is 11.0 Å². The van der Waals surface area contributed by atoms with Gasteiger partial charge in [-0.3, -0.25) is 4.57 Å². The minimum absolute atomic E-state index is 0.244. The van der Waals surface area contributed by atoms with Crippen LogP contribution in [0.5, 0.6) is 0 Å². The number of benzene rings is 3. The molecule has 0 bridgehead atoms. The third-order valence-electron chi connectivity index (χ3n) is 3.68. The Morgan fingerprint density at radius 1 is 0.727 bits per heavy atom. The van der Waals surface area contributed by atoms with E-state index in [1.54, 1.807) is 12.1 Å². The Labute approximate surface area is 127 Å². The SMILES string of the molecule is Fc1ccc(-c2nc3ccccc3n2-c2ccccc2)cc1. The molecule has 0 aliphatic carbocycles. The second-order valence-corrected chi connectivity index (χ2v) is 5.10. The maximum Gasteiger partial charge on any atom is 0.145 e. The molecule has 4 rings (SSSR count). The first kappa shape index (κ1) is 12.8. The Hall–Kier alpha value is -2.94. The molecule has 22 heavy (non-hydrogen) atoms. The molecule has 0 aliphatic rings. The van der Waals surface area contributed by atoms with Crippen molar-refractivity contribution in [3.8, 4) is 17.1 Å². The molecule has 0 unspecified atom stereocenters. The summed E-state index contributed by atoms with van der Waals surface area (Å²) in [6, 6.07) is 24.5. The van der Waals surface area contributed by atoms with Gasteiger partial charge in [0.2, 0.25) is 0 Å². The number of rotatable bonds is 2. The third kappa shape index (κ3) is 2.07. The lowest BCUT2D eigenvalue weighted by molar-refractivity contribution is 0.628. The van der Waals surface area contributed by atoms with Gasteiger partial charge in [0.15, 0.2) is 0 Å². The van der Waals surface area contributed by atoms with E-state index < -0.39 is 0 Å². The Balaban J connectivity index is 2.04. The van der Waals surface area contributed by atoms with E-state index in [2.05, 4.69) is 4.57 Å². The topological polar surface area (TPSA) is 17.8 Å². The smallest absolute Gasteiger partial charge is 0.145 e. The highest BCUT2D eigenvalue weighted by molar-refractivity contribution is 5.83. The summed E-state index contributed by atoms with van der Waals surface area (Å²) in [5.74, 6) is 0.568. The molecule has 0 aliphatic heterocycles. The van der Waals surface area contributed by atoms with Crippen LogP contribution in [0.25, 0.3) is 28.1 Å². The summed E-state index contributed by atoms with van der Waals surface area (Å²) in [5, 5.41) is 0. The van der Waals surface area contributed by atoms with Gasteiger partial charge in [-0.15, -0.1) is 0 Å². The molecule has 0 fully saturated rings. The van der Waals surface area contributed by atoms with Gasteiger partial charge in [-0.1, -0.05) is 30.3 Å². The van der Waals surface area contributed by atoms with Crippen molar-refractivity contribution in [2.45, 2.75) is 0 Å². The fourth-order valence-corrected chi connectivity index (χ4v) is 2.66. The molecule has 0 N–H and O–H groups in total. The Kier molecular flexibility index (Phi) is 2.97. The Morgan fingerprint density at radius 2 is 1.41 bits per heavy atom. The number of para-hydroxylation sites is 3. The van der Waals surface area contributed by atoms with Crippen LogP contribution in [-0.2, 0) is 0 Å². The van der Waals surface area contributed by atoms with Crippen LogP contribution in [0.2, 0.25) is 0 Å². The molecule has 0 amide bonds. The van der Waals surface area contributed by atoms with E-state index in [0.717, 1.165) is 28.1 Å². The lowest BCUT2D eigenvalue weighted by Crippen LogP contribution is -1.97. The summed E-state index contributed by atoms with van der Waals surface area (Å²) in [6.07, 6.45) is 0. The number of hydrogen-bond acceptors (Lipinski definition) is 1. The van der Waals surface area contributed by atoms with E-state index in [1.807, 2.05) is 54.6 Å². The van der Waals surface area contributed by atoms with Gasteiger partial charge in [0.05, 0.1) is 11.0 Å². The van der Waals surface area contributed by atoms with Crippen molar-refractivity contribution in [2.75, 3.05) is 0 Å². The van der Waals surface area contributed by atoms with Crippen molar-refractivity contribution in [2.24, 2.45) is 0 Å². The van der Waals surface area contributed by atoms with E-state index in [1.165, 1.54) is 12.1 Å². The zero-order valence-corrected chi connectivity index (χ0v) is 11.8. The third-order valence-corrected chi connectivity index (χ3v) is 3.68.